The van der Waals surface area contributed by atoms with Gasteiger partial charge in [0.1, 0.15) is 0 Å². The molecule has 0 aliphatic heterocycles. The molecule has 94 valence electrons. The van der Waals surface area contributed by atoms with Gasteiger partial charge in [0.15, 0.2) is 0 Å². The van der Waals surface area contributed by atoms with Gasteiger partial charge in [-0.15, -0.1) is 0 Å². The Morgan fingerprint density at radius 3 is 2.35 bits per heavy atom. The van der Waals surface area contributed by atoms with E-state index < -0.39 is 12.2 Å². The fourth-order valence-corrected chi connectivity index (χ4v) is 1.55. The maximum Gasteiger partial charge on any atom is 0.255 e. The first-order valence-electron chi connectivity index (χ1n) is 5.56. The zero-order valence-electron chi connectivity index (χ0n) is 10.1. The third kappa shape index (κ3) is 4.50. The molecule has 0 aliphatic rings. The molecule has 0 saturated heterocycles. The number of hydrogen-bond acceptors (Lipinski definition) is 4. The van der Waals surface area contributed by atoms with E-state index in [1.54, 1.807) is 32.2 Å². The highest BCUT2D eigenvalue weighted by Gasteiger charge is 2.18. The molecule has 2 unspecified atom stereocenters. The number of amides is 1. The van der Waals surface area contributed by atoms with Gasteiger partial charge < -0.3 is 15.1 Å². The quantitative estimate of drug-likeness (QED) is 0.773. The van der Waals surface area contributed by atoms with Crippen molar-refractivity contribution in [2.45, 2.75) is 26.1 Å². The number of aliphatic hydroxyl groups excluding tert-OH is 2. The standard InChI is InChI=1S/C12H18N2O3/c1-9(15)7-14(8-10(2)16)12(17)11-4-3-5-13-6-11/h3-6,9-10,15-16H,7-8H2,1-2H3. The molecule has 0 radical (unpaired) electrons. The predicted molar refractivity (Wildman–Crippen MR) is 63.5 cm³/mol. The molecule has 1 aromatic heterocycles. The van der Waals surface area contributed by atoms with Crippen molar-refractivity contribution in [2.24, 2.45) is 0 Å². The Hall–Kier alpha value is -1.46. The lowest BCUT2D eigenvalue weighted by Gasteiger charge is -2.25. The predicted octanol–water partition coefficient (Wildman–Crippen LogP) is 0.285. The largest absolute Gasteiger partial charge is 0.392 e. The molecule has 2 N–H and O–H groups in total. The van der Waals surface area contributed by atoms with Crippen LogP contribution < -0.4 is 0 Å². The van der Waals surface area contributed by atoms with Gasteiger partial charge in [-0.1, -0.05) is 0 Å². The van der Waals surface area contributed by atoms with Gasteiger partial charge in [0.2, 0.25) is 0 Å². The Morgan fingerprint density at radius 2 is 1.94 bits per heavy atom. The first-order valence-corrected chi connectivity index (χ1v) is 5.56. The number of carbonyl (C=O) groups is 1. The third-order valence-electron chi connectivity index (χ3n) is 2.16. The number of carbonyl (C=O) groups excluding carboxylic acids is 1. The van der Waals surface area contributed by atoms with Crippen LogP contribution in [0.25, 0.3) is 0 Å². The van der Waals surface area contributed by atoms with Gasteiger partial charge in [-0.3, -0.25) is 9.78 Å². The first-order chi connectivity index (χ1) is 8.00. The van der Waals surface area contributed by atoms with Gasteiger partial charge in [-0.25, -0.2) is 0 Å². The Balaban J connectivity index is 2.79. The summed E-state index contributed by atoms with van der Waals surface area (Å²) in [6, 6.07) is 3.34. The molecule has 0 aliphatic carbocycles. The summed E-state index contributed by atoms with van der Waals surface area (Å²) in [5, 5.41) is 18.7. The molecule has 2 atom stereocenters. The average molecular weight is 238 g/mol. The molecular formula is C12H18N2O3. The summed E-state index contributed by atoms with van der Waals surface area (Å²) < 4.78 is 0. The molecule has 1 aromatic rings. The minimum atomic E-state index is -0.630. The lowest BCUT2D eigenvalue weighted by atomic mass is 10.2. The molecule has 17 heavy (non-hydrogen) atoms. The van der Waals surface area contributed by atoms with Gasteiger partial charge in [0, 0.05) is 25.5 Å². The number of pyridine rings is 1. The number of aromatic nitrogens is 1. The van der Waals surface area contributed by atoms with Gasteiger partial charge in [-0.05, 0) is 26.0 Å². The number of aliphatic hydroxyl groups is 2. The molecule has 1 rings (SSSR count). The van der Waals surface area contributed by atoms with E-state index in [-0.39, 0.29) is 19.0 Å². The summed E-state index contributed by atoms with van der Waals surface area (Å²) in [6.45, 7) is 3.59. The normalized spacial score (nSPS) is 14.1. The molecule has 1 heterocycles. The molecule has 1 amide bonds. The van der Waals surface area contributed by atoms with E-state index in [1.165, 1.54) is 11.1 Å². The highest BCUT2D eigenvalue weighted by atomic mass is 16.3. The van der Waals surface area contributed by atoms with Crippen LogP contribution in [0.1, 0.15) is 24.2 Å². The molecule has 5 nitrogen and oxygen atoms in total. The molecular weight excluding hydrogens is 220 g/mol. The van der Waals surface area contributed by atoms with Crippen LogP contribution in [-0.4, -0.2) is 51.3 Å². The number of nitrogens with zero attached hydrogens (tertiary/aromatic N) is 2. The maximum absolute atomic E-state index is 12.1. The summed E-state index contributed by atoms with van der Waals surface area (Å²) in [7, 11) is 0. The second-order valence-corrected chi connectivity index (χ2v) is 4.15. The van der Waals surface area contributed by atoms with E-state index in [0.717, 1.165) is 0 Å². The Morgan fingerprint density at radius 1 is 1.35 bits per heavy atom. The van der Waals surface area contributed by atoms with Crippen LogP contribution in [0, 0.1) is 0 Å². The second kappa shape index (κ2) is 6.32. The van der Waals surface area contributed by atoms with Crippen molar-refractivity contribution in [1.29, 1.82) is 0 Å². The second-order valence-electron chi connectivity index (χ2n) is 4.15. The van der Waals surface area contributed by atoms with E-state index in [2.05, 4.69) is 4.98 Å². The van der Waals surface area contributed by atoms with Crippen molar-refractivity contribution >= 4 is 5.91 Å². The monoisotopic (exact) mass is 238 g/mol. The topological polar surface area (TPSA) is 73.7 Å². The van der Waals surface area contributed by atoms with Crippen LogP contribution in [0.3, 0.4) is 0 Å². The first kappa shape index (κ1) is 13.6. The molecule has 0 aromatic carbocycles. The molecule has 0 saturated carbocycles. The van der Waals surface area contributed by atoms with Crippen LogP contribution in [0.4, 0.5) is 0 Å². The van der Waals surface area contributed by atoms with Crippen molar-refractivity contribution in [2.75, 3.05) is 13.1 Å². The van der Waals surface area contributed by atoms with Crippen LogP contribution in [-0.2, 0) is 0 Å². The molecule has 5 heteroatoms. The SMILES string of the molecule is CC(O)CN(CC(C)O)C(=O)c1cccnc1. The Bertz CT molecular complexity index is 342. The third-order valence-corrected chi connectivity index (χ3v) is 2.16. The highest BCUT2D eigenvalue weighted by Crippen LogP contribution is 2.05. The van der Waals surface area contributed by atoms with E-state index in [1.807, 2.05) is 0 Å². The molecule has 0 spiro atoms. The van der Waals surface area contributed by atoms with Gasteiger partial charge >= 0.3 is 0 Å². The molecule has 0 bridgehead atoms. The van der Waals surface area contributed by atoms with Crippen molar-refractivity contribution in [1.82, 2.24) is 9.88 Å². The van der Waals surface area contributed by atoms with Crippen molar-refractivity contribution in [3.63, 3.8) is 0 Å². The van der Waals surface area contributed by atoms with Crippen LogP contribution in [0.15, 0.2) is 24.5 Å². The summed E-state index contributed by atoms with van der Waals surface area (Å²) in [5.41, 5.74) is 0.453. The van der Waals surface area contributed by atoms with E-state index in [0.29, 0.717) is 5.56 Å². The van der Waals surface area contributed by atoms with Crippen molar-refractivity contribution in [3.05, 3.63) is 30.1 Å². The minimum absolute atomic E-state index is 0.193. The minimum Gasteiger partial charge on any atom is -0.392 e. The van der Waals surface area contributed by atoms with Crippen LogP contribution in [0.2, 0.25) is 0 Å². The summed E-state index contributed by atoms with van der Waals surface area (Å²) >= 11 is 0. The van der Waals surface area contributed by atoms with E-state index >= 15 is 0 Å². The number of rotatable bonds is 5. The summed E-state index contributed by atoms with van der Waals surface area (Å²) in [5.74, 6) is -0.236. The van der Waals surface area contributed by atoms with Gasteiger partial charge in [-0.2, -0.15) is 0 Å². The van der Waals surface area contributed by atoms with E-state index in [9.17, 15) is 15.0 Å². The van der Waals surface area contributed by atoms with Crippen molar-refractivity contribution < 1.29 is 15.0 Å². The lowest BCUT2D eigenvalue weighted by Crippen LogP contribution is -2.40. The van der Waals surface area contributed by atoms with Crippen molar-refractivity contribution in [3.8, 4) is 0 Å². The van der Waals surface area contributed by atoms with Crippen LogP contribution in [0.5, 0.6) is 0 Å². The van der Waals surface area contributed by atoms with Crippen LogP contribution >= 0.6 is 0 Å². The molecule has 0 fully saturated rings. The fourth-order valence-electron chi connectivity index (χ4n) is 1.55. The lowest BCUT2D eigenvalue weighted by molar-refractivity contribution is 0.0517. The smallest absolute Gasteiger partial charge is 0.255 e. The highest BCUT2D eigenvalue weighted by molar-refractivity contribution is 5.93. The summed E-state index contributed by atoms with van der Waals surface area (Å²) in [4.78, 5) is 17.4. The fraction of sp³-hybridized carbons (Fsp3) is 0.500. The zero-order valence-corrected chi connectivity index (χ0v) is 10.1. The Kier molecular flexibility index (Phi) is 5.06. The summed E-state index contributed by atoms with van der Waals surface area (Å²) in [6.07, 6.45) is 1.80. The Labute approximate surface area is 101 Å². The number of hydrogen-bond donors (Lipinski definition) is 2. The zero-order chi connectivity index (χ0) is 12.8. The van der Waals surface area contributed by atoms with Gasteiger partial charge in [0.05, 0.1) is 17.8 Å². The van der Waals surface area contributed by atoms with Gasteiger partial charge in [0.25, 0.3) is 5.91 Å². The van der Waals surface area contributed by atoms with E-state index in [4.69, 9.17) is 0 Å². The maximum atomic E-state index is 12.1. The average Bonchev–Trinajstić information content (AvgIpc) is 2.27.